The van der Waals surface area contributed by atoms with Gasteiger partial charge in [-0.25, -0.2) is 5.43 Å². The van der Waals surface area contributed by atoms with Crippen LogP contribution < -0.4 is 10.7 Å². The number of furan rings is 1. The Morgan fingerprint density at radius 2 is 2.44 bits per heavy atom. The molecule has 0 aliphatic heterocycles. The van der Waals surface area contributed by atoms with E-state index in [1.54, 1.807) is 25.3 Å². The van der Waals surface area contributed by atoms with Crippen molar-refractivity contribution in [3.63, 3.8) is 0 Å². The third-order valence-corrected chi connectivity index (χ3v) is 1.76. The van der Waals surface area contributed by atoms with E-state index in [0.29, 0.717) is 24.4 Å². The average Bonchev–Trinajstić information content (AvgIpc) is 2.76. The Kier molecular flexibility index (Phi) is 4.78. The maximum atomic E-state index is 11.4. The number of nitrogens with one attached hydrogen (secondary N) is 2. The predicted octanol–water partition coefficient (Wildman–Crippen LogP) is 0.408. The molecule has 0 radical (unpaired) electrons. The highest BCUT2D eigenvalue weighted by Crippen LogP contribution is 1.98. The van der Waals surface area contributed by atoms with Crippen LogP contribution in [-0.4, -0.2) is 18.0 Å². The third-order valence-electron chi connectivity index (χ3n) is 1.76. The van der Waals surface area contributed by atoms with E-state index in [2.05, 4.69) is 15.8 Å². The zero-order valence-electron chi connectivity index (χ0n) is 8.90. The molecule has 2 N–H and O–H groups in total. The number of nitrogens with zero attached hydrogens (tertiary/aromatic N) is 1. The molecule has 0 spiro atoms. The van der Waals surface area contributed by atoms with Crippen molar-refractivity contribution in [3.8, 4) is 0 Å². The van der Waals surface area contributed by atoms with Gasteiger partial charge in [-0.15, -0.1) is 0 Å². The average molecular weight is 223 g/mol. The van der Waals surface area contributed by atoms with E-state index in [1.165, 1.54) is 0 Å². The second-order valence-corrected chi connectivity index (χ2v) is 3.13. The lowest BCUT2D eigenvalue weighted by Gasteiger charge is -2.02. The Labute approximate surface area is 92.7 Å². The van der Waals surface area contributed by atoms with E-state index >= 15 is 0 Å². The van der Waals surface area contributed by atoms with Gasteiger partial charge in [0.1, 0.15) is 5.76 Å². The molecule has 1 rings (SSSR count). The van der Waals surface area contributed by atoms with E-state index in [0.717, 1.165) is 0 Å². The standard InChI is InChI=1S/C10H13N3O3/c1-8(13-12-7-14)5-10(15)11-6-9-3-2-4-16-9/h2-4,7H,5-6H2,1H3,(H,11,15)(H,12,14)/b13-8+. The van der Waals surface area contributed by atoms with Crippen LogP contribution >= 0.6 is 0 Å². The van der Waals surface area contributed by atoms with Gasteiger partial charge in [-0.2, -0.15) is 5.10 Å². The van der Waals surface area contributed by atoms with Gasteiger partial charge in [0.2, 0.25) is 12.3 Å². The van der Waals surface area contributed by atoms with Crippen LogP contribution in [0.15, 0.2) is 27.9 Å². The molecule has 6 heteroatoms. The van der Waals surface area contributed by atoms with Crippen molar-refractivity contribution in [2.45, 2.75) is 19.9 Å². The van der Waals surface area contributed by atoms with Crippen molar-refractivity contribution in [1.82, 2.24) is 10.7 Å². The molecule has 0 bridgehead atoms. The summed E-state index contributed by atoms with van der Waals surface area (Å²) < 4.78 is 5.05. The SMILES string of the molecule is C/C(CC(=O)NCc1ccco1)=N\NC=O. The van der Waals surface area contributed by atoms with Crippen molar-refractivity contribution >= 4 is 18.0 Å². The molecule has 0 saturated heterocycles. The molecule has 1 aromatic heterocycles. The van der Waals surface area contributed by atoms with Gasteiger partial charge in [-0.1, -0.05) is 0 Å². The largest absolute Gasteiger partial charge is 0.467 e. The van der Waals surface area contributed by atoms with Crippen LogP contribution in [0.1, 0.15) is 19.1 Å². The van der Waals surface area contributed by atoms with Crippen molar-refractivity contribution < 1.29 is 14.0 Å². The Morgan fingerprint density at radius 1 is 1.62 bits per heavy atom. The van der Waals surface area contributed by atoms with Gasteiger partial charge < -0.3 is 9.73 Å². The molecule has 16 heavy (non-hydrogen) atoms. The van der Waals surface area contributed by atoms with Gasteiger partial charge in [0.15, 0.2) is 0 Å². The molecule has 0 aliphatic rings. The molecule has 2 amide bonds. The van der Waals surface area contributed by atoms with Gasteiger partial charge in [-0.05, 0) is 19.1 Å². The van der Waals surface area contributed by atoms with Crippen LogP contribution in [0.2, 0.25) is 0 Å². The summed E-state index contributed by atoms with van der Waals surface area (Å²) in [5.74, 6) is 0.513. The number of carbonyl (C=O) groups is 2. The van der Waals surface area contributed by atoms with E-state index in [4.69, 9.17) is 4.42 Å². The van der Waals surface area contributed by atoms with Crippen molar-refractivity contribution in [1.29, 1.82) is 0 Å². The Bertz CT molecular complexity index is 371. The molecule has 0 atom stereocenters. The molecular weight excluding hydrogens is 210 g/mol. The monoisotopic (exact) mass is 223 g/mol. The lowest BCUT2D eigenvalue weighted by molar-refractivity contribution is -0.120. The lowest BCUT2D eigenvalue weighted by Crippen LogP contribution is -2.24. The molecule has 0 aromatic carbocycles. The smallest absolute Gasteiger partial charge is 0.227 e. The summed E-state index contributed by atoms with van der Waals surface area (Å²) in [4.78, 5) is 21.3. The van der Waals surface area contributed by atoms with E-state index in [-0.39, 0.29) is 12.3 Å². The minimum absolute atomic E-state index is 0.140. The summed E-state index contributed by atoms with van der Waals surface area (Å²) in [6.07, 6.45) is 2.13. The zero-order valence-corrected chi connectivity index (χ0v) is 8.90. The van der Waals surface area contributed by atoms with Gasteiger partial charge in [0.05, 0.1) is 19.2 Å². The first kappa shape index (κ1) is 12.0. The fraction of sp³-hybridized carbons (Fsp3) is 0.300. The number of hydrogen-bond acceptors (Lipinski definition) is 4. The maximum absolute atomic E-state index is 11.4. The Balaban J connectivity index is 2.28. The predicted molar refractivity (Wildman–Crippen MR) is 57.5 cm³/mol. The number of hydrazone groups is 1. The molecule has 6 nitrogen and oxygen atoms in total. The summed E-state index contributed by atoms with van der Waals surface area (Å²) in [7, 11) is 0. The second-order valence-electron chi connectivity index (χ2n) is 3.13. The second kappa shape index (κ2) is 6.39. The third kappa shape index (κ3) is 4.41. The van der Waals surface area contributed by atoms with Crippen LogP contribution in [0.25, 0.3) is 0 Å². The Hall–Kier alpha value is -2.11. The molecule has 1 aromatic rings. The van der Waals surface area contributed by atoms with Gasteiger partial charge >= 0.3 is 0 Å². The quantitative estimate of drug-likeness (QED) is 0.416. The highest BCUT2D eigenvalue weighted by Gasteiger charge is 2.04. The Morgan fingerprint density at radius 3 is 3.06 bits per heavy atom. The lowest BCUT2D eigenvalue weighted by atomic mass is 10.3. The van der Waals surface area contributed by atoms with E-state index < -0.39 is 0 Å². The van der Waals surface area contributed by atoms with Gasteiger partial charge in [0, 0.05) is 5.71 Å². The topological polar surface area (TPSA) is 83.7 Å². The van der Waals surface area contributed by atoms with Crippen LogP contribution in [0.5, 0.6) is 0 Å². The normalized spacial score (nSPS) is 10.9. The fourth-order valence-corrected chi connectivity index (χ4v) is 1.07. The summed E-state index contributed by atoms with van der Waals surface area (Å²) in [5.41, 5.74) is 2.66. The minimum atomic E-state index is -0.176. The molecule has 0 unspecified atom stereocenters. The number of carbonyl (C=O) groups excluding carboxylic acids is 2. The number of hydrogen-bond donors (Lipinski definition) is 2. The highest BCUT2D eigenvalue weighted by molar-refractivity contribution is 5.99. The molecule has 86 valence electrons. The molecule has 0 aliphatic carbocycles. The van der Waals surface area contributed by atoms with Crippen molar-refractivity contribution in [3.05, 3.63) is 24.2 Å². The van der Waals surface area contributed by atoms with Gasteiger partial charge in [0.25, 0.3) is 0 Å². The van der Waals surface area contributed by atoms with Crippen LogP contribution in [0.3, 0.4) is 0 Å². The maximum Gasteiger partial charge on any atom is 0.227 e. The molecule has 0 saturated carbocycles. The van der Waals surface area contributed by atoms with Crippen LogP contribution in [0, 0.1) is 0 Å². The van der Waals surface area contributed by atoms with Crippen LogP contribution in [-0.2, 0) is 16.1 Å². The summed E-state index contributed by atoms with van der Waals surface area (Å²) in [6.45, 7) is 2.00. The van der Waals surface area contributed by atoms with Gasteiger partial charge in [-0.3, -0.25) is 9.59 Å². The van der Waals surface area contributed by atoms with Crippen molar-refractivity contribution in [2.24, 2.45) is 5.10 Å². The van der Waals surface area contributed by atoms with E-state index in [1.807, 2.05) is 0 Å². The molecule has 0 fully saturated rings. The first-order valence-corrected chi connectivity index (χ1v) is 4.74. The molecule has 1 heterocycles. The van der Waals surface area contributed by atoms with Crippen LogP contribution in [0.4, 0.5) is 0 Å². The minimum Gasteiger partial charge on any atom is -0.467 e. The van der Waals surface area contributed by atoms with Crippen molar-refractivity contribution in [2.75, 3.05) is 0 Å². The summed E-state index contributed by atoms with van der Waals surface area (Å²) >= 11 is 0. The fourth-order valence-electron chi connectivity index (χ4n) is 1.07. The first-order chi connectivity index (χ1) is 7.72. The molecular formula is C10H13N3O3. The number of rotatable bonds is 6. The summed E-state index contributed by atoms with van der Waals surface area (Å²) in [6, 6.07) is 3.53. The summed E-state index contributed by atoms with van der Waals surface area (Å²) in [5, 5.41) is 6.30. The number of amides is 2. The zero-order chi connectivity index (χ0) is 11.8. The first-order valence-electron chi connectivity index (χ1n) is 4.74. The highest BCUT2D eigenvalue weighted by atomic mass is 16.3. The van der Waals surface area contributed by atoms with E-state index in [9.17, 15) is 9.59 Å².